The number of methoxy groups -OCH3 is 1. The van der Waals surface area contributed by atoms with Crippen molar-refractivity contribution in [3.05, 3.63) is 34.3 Å². The molecule has 17 heavy (non-hydrogen) atoms. The second kappa shape index (κ2) is 8.67. The van der Waals surface area contributed by atoms with Crippen molar-refractivity contribution in [2.75, 3.05) is 20.3 Å². The van der Waals surface area contributed by atoms with Crippen LogP contribution in [0.2, 0.25) is 0 Å². The quantitative estimate of drug-likeness (QED) is 0.735. The van der Waals surface area contributed by atoms with Gasteiger partial charge in [-0.2, -0.15) is 0 Å². The van der Waals surface area contributed by atoms with Gasteiger partial charge in [-0.15, -0.1) is 0 Å². The average molecular weight is 300 g/mol. The van der Waals surface area contributed by atoms with Crippen LogP contribution in [0.5, 0.6) is 0 Å². The molecule has 0 aliphatic rings. The molecule has 3 heteroatoms. The highest BCUT2D eigenvalue weighted by molar-refractivity contribution is 9.10. The number of ether oxygens (including phenoxy) is 1. The van der Waals surface area contributed by atoms with E-state index >= 15 is 0 Å². The highest BCUT2D eigenvalue weighted by Crippen LogP contribution is 2.20. The van der Waals surface area contributed by atoms with Gasteiger partial charge in [-0.3, -0.25) is 0 Å². The minimum absolute atomic E-state index is 0.454. The van der Waals surface area contributed by atoms with E-state index in [9.17, 15) is 0 Å². The van der Waals surface area contributed by atoms with Crippen LogP contribution in [-0.2, 0) is 4.74 Å². The number of hydrogen-bond donors (Lipinski definition) is 1. The normalized spacial score (nSPS) is 12.6. The summed E-state index contributed by atoms with van der Waals surface area (Å²) < 4.78 is 6.19. The van der Waals surface area contributed by atoms with Crippen molar-refractivity contribution < 1.29 is 4.74 Å². The highest BCUT2D eigenvalue weighted by Gasteiger charge is 2.07. The van der Waals surface area contributed by atoms with Gasteiger partial charge in [0.05, 0.1) is 0 Å². The van der Waals surface area contributed by atoms with Gasteiger partial charge in [0.25, 0.3) is 0 Å². The van der Waals surface area contributed by atoms with Crippen LogP contribution in [0.3, 0.4) is 0 Å². The summed E-state index contributed by atoms with van der Waals surface area (Å²) in [6.07, 6.45) is 3.40. The lowest BCUT2D eigenvalue weighted by Crippen LogP contribution is -2.22. The summed E-state index contributed by atoms with van der Waals surface area (Å²) in [5.41, 5.74) is 1.36. The van der Waals surface area contributed by atoms with Crippen molar-refractivity contribution in [3.63, 3.8) is 0 Å². The van der Waals surface area contributed by atoms with Crippen LogP contribution < -0.4 is 5.32 Å². The van der Waals surface area contributed by atoms with Gasteiger partial charge in [-0.05, 0) is 43.5 Å². The fraction of sp³-hybridized carbons (Fsp3) is 0.571. The summed E-state index contributed by atoms with van der Waals surface area (Å²) in [6.45, 7) is 4.12. The summed E-state index contributed by atoms with van der Waals surface area (Å²) in [7, 11) is 1.75. The third-order valence-electron chi connectivity index (χ3n) is 2.83. The molecule has 0 heterocycles. The van der Waals surface area contributed by atoms with Crippen molar-refractivity contribution in [2.45, 2.75) is 32.2 Å². The minimum Gasteiger partial charge on any atom is -0.385 e. The van der Waals surface area contributed by atoms with E-state index in [-0.39, 0.29) is 0 Å². The Kier molecular flexibility index (Phi) is 7.49. The first-order valence-corrected chi connectivity index (χ1v) is 7.05. The molecular formula is C14H22BrNO. The fourth-order valence-electron chi connectivity index (χ4n) is 1.87. The maximum Gasteiger partial charge on any atom is 0.0462 e. The number of hydrogen-bond acceptors (Lipinski definition) is 2. The molecule has 0 spiro atoms. The Hall–Kier alpha value is -0.380. The summed E-state index contributed by atoms with van der Waals surface area (Å²) in [4.78, 5) is 0. The lowest BCUT2D eigenvalue weighted by molar-refractivity contribution is 0.192. The Balaban J connectivity index is 2.38. The van der Waals surface area contributed by atoms with Gasteiger partial charge in [-0.25, -0.2) is 0 Å². The monoisotopic (exact) mass is 299 g/mol. The zero-order valence-corrected chi connectivity index (χ0v) is 12.3. The molecule has 0 saturated heterocycles. The van der Waals surface area contributed by atoms with Gasteiger partial charge in [0, 0.05) is 24.2 Å². The first-order valence-electron chi connectivity index (χ1n) is 6.25. The Morgan fingerprint density at radius 1 is 1.35 bits per heavy atom. The van der Waals surface area contributed by atoms with E-state index in [1.807, 2.05) is 0 Å². The molecule has 1 unspecified atom stereocenters. The van der Waals surface area contributed by atoms with Gasteiger partial charge in [0.1, 0.15) is 0 Å². The van der Waals surface area contributed by atoms with Crippen LogP contribution in [0.4, 0.5) is 0 Å². The first kappa shape index (κ1) is 14.7. The largest absolute Gasteiger partial charge is 0.385 e. The van der Waals surface area contributed by atoms with Crippen molar-refractivity contribution in [2.24, 2.45) is 0 Å². The number of nitrogens with one attached hydrogen (secondary N) is 1. The van der Waals surface area contributed by atoms with Crippen molar-refractivity contribution in [1.82, 2.24) is 5.32 Å². The Morgan fingerprint density at radius 3 is 2.82 bits per heavy atom. The third-order valence-corrected chi connectivity index (χ3v) is 3.32. The van der Waals surface area contributed by atoms with Crippen molar-refractivity contribution in [3.8, 4) is 0 Å². The van der Waals surface area contributed by atoms with E-state index in [4.69, 9.17) is 4.74 Å². The van der Waals surface area contributed by atoms with Crippen LogP contribution in [0.1, 0.15) is 37.8 Å². The van der Waals surface area contributed by atoms with Gasteiger partial charge in [0.15, 0.2) is 0 Å². The molecule has 0 fully saturated rings. The minimum atomic E-state index is 0.454. The van der Waals surface area contributed by atoms with Gasteiger partial charge >= 0.3 is 0 Å². The fourth-order valence-corrected chi connectivity index (χ4v) is 2.29. The van der Waals surface area contributed by atoms with E-state index in [0.29, 0.717) is 6.04 Å². The first-order chi connectivity index (χ1) is 8.27. The van der Waals surface area contributed by atoms with Crippen LogP contribution in [-0.4, -0.2) is 20.3 Å². The molecule has 0 bridgehead atoms. The molecule has 2 nitrogen and oxygen atoms in total. The van der Waals surface area contributed by atoms with E-state index in [0.717, 1.165) is 30.5 Å². The molecule has 1 atom stereocenters. The van der Waals surface area contributed by atoms with E-state index in [2.05, 4.69) is 52.4 Å². The second-order valence-corrected chi connectivity index (χ2v) is 5.09. The summed E-state index contributed by atoms with van der Waals surface area (Å²) in [5.74, 6) is 0. The average Bonchev–Trinajstić information content (AvgIpc) is 2.34. The topological polar surface area (TPSA) is 21.3 Å². The molecule has 96 valence electrons. The van der Waals surface area contributed by atoms with E-state index < -0.39 is 0 Å². The number of benzene rings is 1. The molecule has 1 aromatic carbocycles. The van der Waals surface area contributed by atoms with Crippen LogP contribution in [0.25, 0.3) is 0 Å². The zero-order chi connectivity index (χ0) is 12.5. The maximum absolute atomic E-state index is 5.04. The predicted molar refractivity (Wildman–Crippen MR) is 76.3 cm³/mol. The molecule has 0 aromatic heterocycles. The molecule has 1 rings (SSSR count). The molecule has 0 aliphatic carbocycles. The number of unbranched alkanes of at least 4 members (excludes halogenated alkanes) is 1. The molecule has 1 N–H and O–H groups in total. The summed E-state index contributed by atoms with van der Waals surface area (Å²) in [5, 5.41) is 3.60. The highest BCUT2D eigenvalue weighted by atomic mass is 79.9. The van der Waals surface area contributed by atoms with Crippen LogP contribution in [0.15, 0.2) is 28.7 Å². The van der Waals surface area contributed by atoms with Crippen molar-refractivity contribution >= 4 is 15.9 Å². The number of halogens is 1. The molecule has 0 saturated carbocycles. The number of rotatable bonds is 8. The van der Waals surface area contributed by atoms with Crippen LogP contribution >= 0.6 is 15.9 Å². The van der Waals surface area contributed by atoms with Crippen LogP contribution in [0, 0.1) is 0 Å². The Bertz CT molecular complexity index is 317. The lowest BCUT2D eigenvalue weighted by atomic mass is 10.0. The Labute approximate surface area is 113 Å². The Morgan fingerprint density at radius 2 is 2.18 bits per heavy atom. The van der Waals surface area contributed by atoms with E-state index in [1.165, 1.54) is 12.0 Å². The SMILES string of the molecule is CCC(NCCCCOC)c1cccc(Br)c1. The van der Waals surface area contributed by atoms with Gasteiger partial charge < -0.3 is 10.1 Å². The standard InChI is InChI=1S/C14H22BrNO/c1-3-14(16-9-4-5-10-17-2)12-7-6-8-13(15)11-12/h6-8,11,14,16H,3-5,9-10H2,1-2H3. The smallest absolute Gasteiger partial charge is 0.0462 e. The summed E-state index contributed by atoms with van der Waals surface area (Å²) in [6, 6.07) is 8.98. The molecular weight excluding hydrogens is 278 g/mol. The molecule has 0 aliphatic heterocycles. The van der Waals surface area contributed by atoms with E-state index in [1.54, 1.807) is 7.11 Å². The lowest BCUT2D eigenvalue weighted by Gasteiger charge is -2.17. The predicted octanol–water partition coefficient (Wildman–Crippen LogP) is 3.92. The zero-order valence-electron chi connectivity index (χ0n) is 10.7. The van der Waals surface area contributed by atoms with Gasteiger partial charge in [0.2, 0.25) is 0 Å². The maximum atomic E-state index is 5.04. The summed E-state index contributed by atoms with van der Waals surface area (Å²) >= 11 is 3.52. The second-order valence-electron chi connectivity index (χ2n) is 4.17. The van der Waals surface area contributed by atoms with Gasteiger partial charge in [-0.1, -0.05) is 35.0 Å². The van der Waals surface area contributed by atoms with Crippen molar-refractivity contribution in [1.29, 1.82) is 0 Å². The molecule has 0 amide bonds. The molecule has 0 radical (unpaired) electrons. The molecule has 1 aromatic rings. The third kappa shape index (κ3) is 5.66.